The predicted molar refractivity (Wildman–Crippen MR) is 117 cm³/mol. The highest BCUT2D eigenvalue weighted by atomic mass is 35.5. The van der Waals surface area contributed by atoms with E-state index in [1.807, 2.05) is 0 Å². The van der Waals surface area contributed by atoms with Gasteiger partial charge < -0.3 is 15.7 Å². The van der Waals surface area contributed by atoms with Gasteiger partial charge in [-0.25, -0.2) is 8.78 Å². The molecule has 5 nitrogen and oxygen atoms in total. The van der Waals surface area contributed by atoms with E-state index in [1.54, 1.807) is 18.2 Å². The van der Waals surface area contributed by atoms with Crippen LogP contribution in [0.5, 0.6) is 0 Å². The van der Waals surface area contributed by atoms with E-state index in [9.17, 15) is 23.5 Å². The molecular formula is C24H19ClF2N2O3. The lowest BCUT2D eigenvalue weighted by atomic mass is 9.95. The summed E-state index contributed by atoms with van der Waals surface area (Å²) in [6, 6.07) is 11.4. The summed E-state index contributed by atoms with van der Waals surface area (Å²) < 4.78 is 28.0. The van der Waals surface area contributed by atoms with Gasteiger partial charge in [-0.15, -0.1) is 0 Å². The maximum atomic E-state index is 14.1. The fourth-order valence-corrected chi connectivity index (χ4v) is 3.93. The molecule has 0 bridgehead atoms. The van der Waals surface area contributed by atoms with Gasteiger partial charge in [0.15, 0.2) is 0 Å². The molecule has 1 aliphatic rings. The molecule has 1 heterocycles. The molecule has 0 fully saturated rings. The van der Waals surface area contributed by atoms with Gasteiger partial charge in [-0.1, -0.05) is 17.7 Å². The van der Waals surface area contributed by atoms with E-state index in [0.717, 1.165) is 12.1 Å². The molecule has 0 aliphatic carbocycles. The summed E-state index contributed by atoms with van der Waals surface area (Å²) in [6.07, 6.45) is 0. The van der Waals surface area contributed by atoms with Crippen LogP contribution in [0, 0.1) is 11.6 Å². The zero-order chi connectivity index (χ0) is 23.2. The zero-order valence-electron chi connectivity index (χ0n) is 17.2. The Labute approximate surface area is 188 Å². The largest absolute Gasteiger partial charge is 0.386 e. The lowest BCUT2D eigenvalue weighted by Gasteiger charge is -2.20. The highest BCUT2D eigenvalue weighted by Gasteiger charge is 2.34. The third-order valence-electron chi connectivity index (χ3n) is 5.30. The second-order valence-corrected chi connectivity index (χ2v) is 8.49. The standard InChI is InChI=1S/C24H19ClF2N2O3/c1-24(2,32)13-8-12(9-15(27)10-13)22(30)28-19-5-3-4-16-20(19)21(29-23(16)31)17-11-14(26)6-7-18(17)25/h3-11,21,32H,1-2H3,(H,28,30)(H,29,31). The van der Waals surface area contributed by atoms with Crippen molar-refractivity contribution in [2.24, 2.45) is 0 Å². The summed E-state index contributed by atoms with van der Waals surface area (Å²) in [6.45, 7) is 2.97. The number of fused-ring (bicyclic) bond motifs is 1. The minimum absolute atomic E-state index is 0.00245. The summed E-state index contributed by atoms with van der Waals surface area (Å²) in [5.74, 6) is -2.22. The van der Waals surface area contributed by atoms with Crippen molar-refractivity contribution in [3.05, 3.63) is 99.1 Å². The number of aliphatic hydroxyl groups is 1. The monoisotopic (exact) mass is 456 g/mol. The van der Waals surface area contributed by atoms with Crippen LogP contribution in [0.2, 0.25) is 5.02 Å². The minimum atomic E-state index is -1.35. The third-order valence-corrected chi connectivity index (χ3v) is 5.64. The van der Waals surface area contributed by atoms with Gasteiger partial charge in [-0.05, 0) is 67.9 Å². The second-order valence-electron chi connectivity index (χ2n) is 8.08. The smallest absolute Gasteiger partial charge is 0.255 e. The van der Waals surface area contributed by atoms with E-state index >= 15 is 0 Å². The Morgan fingerprint density at radius 1 is 1.09 bits per heavy atom. The SMILES string of the molecule is CC(C)(O)c1cc(F)cc(C(=O)Nc2cccc3c2C(c2cc(F)ccc2Cl)NC3=O)c1. The molecular weight excluding hydrogens is 438 g/mol. The first-order valence-corrected chi connectivity index (χ1v) is 10.2. The summed E-state index contributed by atoms with van der Waals surface area (Å²) >= 11 is 6.25. The van der Waals surface area contributed by atoms with E-state index in [-0.39, 0.29) is 16.1 Å². The maximum absolute atomic E-state index is 14.1. The Morgan fingerprint density at radius 3 is 2.56 bits per heavy atom. The molecule has 0 aromatic heterocycles. The first-order valence-electron chi connectivity index (χ1n) is 9.78. The van der Waals surface area contributed by atoms with E-state index in [0.29, 0.717) is 22.4 Å². The number of rotatable bonds is 4. The molecule has 3 aromatic carbocycles. The lowest BCUT2D eigenvalue weighted by molar-refractivity contribution is 0.0781. The van der Waals surface area contributed by atoms with Crippen molar-refractivity contribution in [3.63, 3.8) is 0 Å². The van der Waals surface area contributed by atoms with Gasteiger partial charge in [0.05, 0.1) is 11.6 Å². The Hall–Kier alpha value is -3.29. The van der Waals surface area contributed by atoms with E-state index in [4.69, 9.17) is 11.6 Å². The van der Waals surface area contributed by atoms with Crippen molar-refractivity contribution in [2.75, 3.05) is 5.32 Å². The van der Waals surface area contributed by atoms with Crippen molar-refractivity contribution in [3.8, 4) is 0 Å². The normalized spacial score (nSPS) is 15.3. The van der Waals surface area contributed by atoms with Gasteiger partial charge in [0, 0.05) is 33.0 Å². The molecule has 0 saturated heterocycles. The number of nitrogens with one attached hydrogen (secondary N) is 2. The number of benzene rings is 3. The van der Waals surface area contributed by atoms with Crippen LogP contribution in [0.1, 0.15) is 57.3 Å². The number of amides is 2. The highest BCUT2D eigenvalue weighted by Crippen LogP contribution is 2.39. The number of carbonyl (C=O) groups excluding carboxylic acids is 2. The molecule has 1 aliphatic heterocycles. The predicted octanol–water partition coefficient (Wildman–Crippen LogP) is 4.93. The molecule has 0 radical (unpaired) electrons. The Balaban J connectivity index is 1.75. The summed E-state index contributed by atoms with van der Waals surface area (Å²) in [5, 5.41) is 15.9. The first kappa shape index (κ1) is 21.9. The van der Waals surface area contributed by atoms with Crippen molar-refractivity contribution in [1.82, 2.24) is 5.32 Å². The van der Waals surface area contributed by atoms with Crippen LogP contribution in [-0.4, -0.2) is 16.9 Å². The molecule has 3 aromatic rings. The minimum Gasteiger partial charge on any atom is -0.386 e. The summed E-state index contributed by atoms with van der Waals surface area (Å²) in [7, 11) is 0. The van der Waals surface area contributed by atoms with Crippen LogP contribution in [0.4, 0.5) is 14.5 Å². The van der Waals surface area contributed by atoms with Crippen LogP contribution in [0.3, 0.4) is 0 Å². The zero-order valence-corrected chi connectivity index (χ0v) is 17.9. The second kappa shape index (κ2) is 8.00. The van der Waals surface area contributed by atoms with Crippen LogP contribution >= 0.6 is 11.6 Å². The van der Waals surface area contributed by atoms with Crippen LogP contribution in [0.25, 0.3) is 0 Å². The first-order chi connectivity index (χ1) is 15.0. The Bertz CT molecular complexity index is 1250. The quantitative estimate of drug-likeness (QED) is 0.521. The Morgan fingerprint density at radius 2 is 1.84 bits per heavy atom. The molecule has 0 spiro atoms. The molecule has 1 unspecified atom stereocenters. The topological polar surface area (TPSA) is 78.4 Å². The highest BCUT2D eigenvalue weighted by molar-refractivity contribution is 6.31. The van der Waals surface area contributed by atoms with E-state index in [2.05, 4.69) is 10.6 Å². The average molecular weight is 457 g/mol. The molecule has 164 valence electrons. The van der Waals surface area contributed by atoms with E-state index < -0.39 is 35.1 Å². The number of halogens is 3. The van der Waals surface area contributed by atoms with Crippen molar-refractivity contribution in [1.29, 1.82) is 0 Å². The fraction of sp³-hybridized carbons (Fsp3) is 0.167. The Kier molecular flexibility index (Phi) is 5.48. The van der Waals surface area contributed by atoms with Gasteiger partial charge >= 0.3 is 0 Å². The lowest BCUT2D eigenvalue weighted by Crippen LogP contribution is -2.21. The average Bonchev–Trinajstić information content (AvgIpc) is 3.06. The van der Waals surface area contributed by atoms with Gasteiger partial charge in [-0.2, -0.15) is 0 Å². The number of carbonyl (C=O) groups is 2. The van der Waals surface area contributed by atoms with Crippen LogP contribution in [-0.2, 0) is 5.60 Å². The molecule has 2 amide bonds. The van der Waals surface area contributed by atoms with Crippen molar-refractivity contribution >= 4 is 29.1 Å². The third kappa shape index (κ3) is 4.09. The van der Waals surface area contributed by atoms with Gasteiger partial charge in [0.1, 0.15) is 11.6 Å². The molecule has 32 heavy (non-hydrogen) atoms. The summed E-state index contributed by atoms with van der Waals surface area (Å²) in [5.41, 5.74) is 0.267. The number of anilines is 1. The number of hydrogen-bond acceptors (Lipinski definition) is 3. The fourth-order valence-electron chi connectivity index (χ4n) is 3.70. The number of hydrogen-bond donors (Lipinski definition) is 3. The van der Waals surface area contributed by atoms with Crippen molar-refractivity contribution in [2.45, 2.75) is 25.5 Å². The van der Waals surface area contributed by atoms with Gasteiger partial charge in [0.2, 0.25) is 0 Å². The molecule has 8 heteroatoms. The van der Waals surface area contributed by atoms with Gasteiger partial charge in [-0.3, -0.25) is 9.59 Å². The maximum Gasteiger partial charge on any atom is 0.255 e. The molecule has 1 atom stereocenters. The summed E-state index contributed by atoms with van der Waals surface area (Å²) in [4.78, 5) is 25.5. The van der Waals surface area contributed by atoms with Crippen LogP contribution in [0.15, 0.2) is 54.6 Å². The molecule has 3 N–H and O–H groups in total. The molecule has 0 saturated carbocycles. The van der Waals surface area contributed by atoms with Gasteiger partial charge in [0.25, 0.3) is 11.8 Å². The van der Waals surface area contributed by atoms with E-state index in [1.165, 1.54) is 38.1 Å². The molecule has 4 rings (SSSR count). The van der Waals surface area contributed by atoms with Crippen molar-refractivity contribution < 1.29 is 23.5 Å². The van der Waals surface area contributed by atoms with Crippen LogP contribution < -0.4 is 10.6 Å².